The van der Waals surface area contributed by atoms with E-state index in [9.17, 15) is 0 Å². The zero-order valence-corrected chi connectivity index (χ0v) is 30.3. The summed E-state index contributed by atoms with van der Waals surface area (Å²) in [7, 11) is 0. The van der Waals surface area contributed by atoms with Crippen LogP contribution in [-0.2, 0) is 0 Å². The van der Waals surface area contributed by atoms with Crippen molar-refractivity contribution < 1.29 is 0 Å². The molecule has 0 saturated heterocycles. The fourth-order valence-electron chi connectivity index (χ4n) is 8.41. The van der Waals surface area contributed by atoms with Crippen molar-refractivity contribution in [2.45, 2.75) is 24.3 Å². The number of hydrogen-bond acceptors (Lipinski definition) is 7. The number of nitrogens with zero attached hydrogens (tertiary/aromatic N) is 6. The molecule has 0 radical (unpaired) electrons. The molecule has 4 aliphatic rings. The van der Waals surface area contributed by atoms with E-state index in [1.165, 1.54) is 5.56 Å². The van der Waals surface area contributed by atoms with Crippen molar-refractivity contribution in [3.05, 3.63) is 210 Å². The van der Waals surface area contributed by atoms with E-state index in [-0.39, 0.29) is 12.0 Å². The SMILES string of the molecule is C1=CC2c3cc4c(cc3N(C3=NC(c5ccccc5)N=C(c5ccccc5)N3)C2C=C1)c1ccccc1n4C1=NC(c2ccccc2)N=C(c2ccccc2)N1. The third-order valence-corrected chi connectivity index (χ3v) is 11.0. The number of aromatic nitrogens is 1. The molecule has 56 heavy (non-hydrogen) atoms. The van der Waals surface area contributed by atoms with Crippen molar-refractivity contribution in [3.63, 3.8) is 0 Å². The van der Waals surface area contributed by atoms with Gasteiger partial charge in [0.05, 0.1) is 17.1 Å². The van der Waals surface area contributed by atoms with Gasteiger partial charge in [-0.15, -0.1) is 0 Å². The molecule has 7 aromatic rings. The fourth-order valence-corrected chi connectivity index (χ4v) is 8.41. The lowest BCUT2D eigenvalue weighted by Crippen LogP contribution is -2.50. The van der Waals surface area contributed by atoms with Crippen LogP contribution in [0.5, 0.6) is 0 Å². The number of rotatable bonds is 4. The average molecular weight is 725 g/mol. The number of benzene rings is 6. The molecule has 0 fully saturated rings. The molecule has 4 atom stereocenters. The Morgan fingerprint density at radius 2 is 1.00 bits per heavy atom. The molecule has 8 heteroatoms. The number of amidine groups is 2. The summed E-state index contributed by atoms with van der Waals surface area (Å²) in [5.41, 5.74) is 8.59. The lowest BCUT2D eigenvalue weighted by atomic mass is 9.91. The molecule has 4 heterocycles. The van der Waals surface area contributed by atoms with Gasteiger partial charge in [-0.2, -0.15) is 0 Å². The molecule has 2 N–H and O–H groups in total. The largest absolute Gasteiger partial charge is 0.310 e. The average Bonchev–Trinajstić information content (AvgIpc) is 3.78. The lowest BCUT2D eigenvalue weighted by molar-refractivity contribution is 0.713. The molecule has 4 unspecified atom stereocenters. The van der Waals surface area contributed by atoms with Crippen LogP contribution >= 0.6 is 0 Å². The lowest BCUT2D eigenvalue weighted by Gasteiger charge is -2.33. The van der Waals surface area contributed by atoms with E-state index in [1.807, 2.05) is 60.7 Å². The molecule has 0 amide bonds. The molecule has 0 spiro atoms. The van der Waals surface area contributed by atoms with Crippen LogP contribution in [0.15, 0.2) is 202 Å². The van der Waals surface area contributed by atoms with Crippen LogP contribution < -0.4 is 15.5 Å². The van der Waals surface area contributed by atoms with Gasteiger partial charge in [-0.25, -0.2) is 20.0 Å². The number of para-hydroxylation sites is 1. The van der Waals surface area contributed by atoms with Gasteiger partial charge in [0.15, 0.2) is 12.3 Å². The number of fused-ring (bicyclic) bond motifs is 6. The molecular formula is C48H36N8. The normalized spacial score (nSPS) is 21.0. The maximum atomic E-state index is 5.33. The van der Waals surface area contributed by atoms with E-state index in [1.54, 1.807) is 0 Å². The number of allylic oxidation sites excluding steroid dienone is 2. The Kier molecular flexibility index (Phi) is 7.58. The first kappa shape index (κ1) is 32.1. The zero-order chi connectivity index (χ0) is 37.0. The van der Waals surface area contributed by atoms with Crippen molar-refractivity contribution in [1.82, 2.24) is 15.2 Å². The van der Waals surface area contributed by atoms with E-state index in [2.05, 4.69) is 141 Å². The quantitative estimate of drug-likeness (QED) is 0.190. The second-order valence-corrected chi connectivity index (χ2v) is 14.3. The number of aliphatic imine (C=N–C) groups is 4. The van der Waals surface area contributed by atoms with Gasteiger partial charge in [0.2, 0.25) is 11.9 Å². The number of guanidine groups is 1. The second-order valence-electron chi connectivity index (χ2n) is 14.3. The van der Waals surface area contributed by atoms with E-state index >= 15 is 0 Å². The Morgan fingerprint density at radius 3 is 1.64 bits per heavy atom. The molecule has 11 rings (SSSR count). The summed E-state index contributed by atoms with van der Waals surface area (Å²) in [5.74, 6) is 3.19. The number of nitrogens with one attached hydrogen (secondary N) is 2. The minimum absolute atomic E-state index is 0.0171. The summed E-state index contributed by atoms with van der Waals surface area (Å²) in [6.45, 7) is 0. The minimum atomic E-state index is -0.409. The van der Waals surface area contributed by atoms with Crippen LogP contribution in [0.25, 0.3) is 21.8 Å². The Balaban J connectivity index is 1.09. The molecule has 3 aliphatic heterocycles. The Hall–Kier alpha value is -7.32. The van der Waals surface area contributed by atoms with E-state index in [0.29, 0.717) is 0 Å². The summed E-state index contributed by atoms with van der Waals surface area (Å²) < 4.78 is 2.28. The maximum Gasteiger partial charge on any atom is 0.211 e. The van der Waals surface area contributed by atoms with Crippen LogP contribution in [0.1, 0.15) is 46.1 Å². The summed E-state index contributed by atoms with van der Waals surface area (Å²) in [5, 5.41) is 9.63. The van der Waals surface area contributed by atoms with Crippen LogP contribution in [0.2, 0.25) is 0 Å². The highest BCUT2D eigenvalue weighted by Gasteiger charge is 2.41. The van der Waals surface area contributed by atoms with Gasteiger partial charge in [-0.3, -0.25) is 4.57 Å². The molecule has 8 nitrogen and oxygen atoms in total. The predicted octanol–water partition coefficient (Wildman–Crippen LogP) is 9.25. The van der Waals surface area contributed by atoms with Gasteiger partial charge in [-0.05, 0) is 34.9 Å². The van der Waals surface area contributed by atoms with Crippen molar-refractivity contribution >= 4 is 51.1 Å². The summed E-state index contributed by atoms with van der Waals surface area (Å²) in [6, 6.07) is 54.6. The van der Waals surface area contributed by atoms with Gasteiger partial charge in [-0.1, -0.05) is 164 Å². The van der Waals surface area contributed by atoms with Gasteiger partial charge in [0.25, 0.3) is 0 Å². The van der Waals surface area contributed by atoms with Crippen LogP contribution in [-0.4, -0.2) is 34.2 Å². The first-order valence-electron chi connectivity index (χ1n) is 19.0. The third-order valence-electron chi connectivity index (χ3n) is 11.0. The van der Waals surface area contributed by atoms with E-state index in [4.69, 9.17) is 20.0 Å². The summed E-state index contributed by atoms with van der Waals surface area (Å²) in [4.78, 5) is 23.3. The van der Waals surface area contributed by atoms with Crippen molar-refractivity contribution in [3.8, 4) is 0 Å². The summed E-state index contributed by atoms with van der Waals surface area (Å²) in [6.07, 6.45) is 8.11. The van der Waals surface area contributed by atoms with Crippen LogP contribution in [0, 0.1) is 0 Å². The Labute approximate surface area is 324 Å². The molecule has 1 aromatic heterocycles. The smallest absolute Gasteiger partial charge is 0.211 e. The molecule has 0 saturated carbocycles. The first-order valence-corrected chi connectivity index (χ1v) is 19.0. The minimum Gasteiger partial charge on any atom is -0.310 e. The molecule has 1 aliphatic carbocycles. The maximum absolute atomic E-state index is 5.33. The number of anilines is 1. The Bertz CT molecular complexity index is 2820. The first-order chi connectivity index (χ1) is 27.8. The van der Waals surface area contributed by atoms with E-state index < -0.39 is 12.3 Å². The Morgan fingerprint density at radius 1 is 0.464 bits per heavy atom. The molecule has 268 valence electrons. The number of hydrogen-bond donors (Lipinski definition) is 2. The molecular weight excluding hydrogens is 689 g/mol. The van der Waals surface area contributed by atoms with Gasteiger partial charge in [0, 0.05) is 33.5 Å². The van der Waals surface area contributed by atoms with Crippen LogP contribution in [0.3, 0.4) is 0 Å². The van der Waals surface area contributed by atoms with Gasteiger partial charge >= 0.3 is 0 Å². The van der Waals surface area contributed by atoms with Crippen LogP contribution in [0.4, 0.5) is 5.69 Å². The second kappa shape index (κ2) is 13.2. The predicted molar refractivity (Wildman–Crippen MR) is 228 cm³/mol. The standard InChI is InChI=1S/C48H36N8/c1-5-17-31(18-6-1)43-49-44(32-19-7-2-8-20-32)52-47(51-43)55-39-27-15-13-25-35(39)37-30-42-38(29-41(37)55)36-26-14-16-28-40(36)56(42)48-53-45(33-21-9-3-10-22-33)50-46(54-48)34-23-11-4-12-24-34/h1-30,35,39,43,45H,(H,49,51,52)(H,50,53,54). The van der Waals surface area contributed by atoms with Gasteiger partial charge < -0.3 is 15.5 Å². The molecule has 0 bridgehead atoms. The molecule has 6 aromatic carbocycles. The van der Waals surface area contributed by atoms with E-state index in [0.717, 1.165) is 73.3 Å². The highest BCUT2D eigenvalue weighted by molar-refractivity contribution is 6.21. The summed E-state index contributed by atoms with van der Waals surface area (Å²) >= 11 is 0. The zero-order valence-electron chi connectivity index (χ0n) is 30.3. The van der Waals surface area contributed by atoms with Crippen molar-refractivity contribution in [2.24, 2.45) is 20.0 Å². The highest BCUT2D eigenvalue weighted by Crippen LogP contribution is 2.47. The van der Waals surface area contributed by atoms with Crippen molar-refractivity contribution in [1.29, 1.82) is 0 Å². The van der Waals surface area contributed by atoms with Gasteiger partial charge in [0.1, 0.15) is 11.7 Å². The topological polar surface area (TPSA) is 81.7 Å². The fraction of sp³-hybridized carbons (Fsp3) is 0.0833. The monoisotopic (exact) mass is 724 g/mol. The third kappa shape index (κ3) is 5.37. The highest BCUT2D eigenvalue weighted by atomic mass is 15.4. The van der Waals surface area contributed by atoms with Crippen molar-refractivity contribution in [2.75, 3.05) is 4.90 Å².